The van der Waals surface area contributed by atoms with Crippen LogP contribution in [0.2, 0.25) is 5.02 Å². The molecule has 0 bridgehead atoms. The average Bonchev–Trinajstić information content (AvgIpc) is 2.64. The number of rotatable bonds is 5. The number of nitrogens with zero attached hydrogens (tertiary/aromatic N) is 2. The van der Waals surface area contributed by atoms with Crippen LogP contribution in [-0.4, -0.2) is 30.0 Å². The molecule has 1 aromatic carbocycles. The lowest BCUT2D eigenvalue weighted by Gasteiger charge is -2.29. The van der Waals surface area contributed by atoms with Crippen LogP contribution in [0.5, 0.6) is 0 Å². The van der Waals surface area contributed by atoms with E-state index < -0.39 is 0 Å². The molecule has 1 saturated heterocycles. The highest BCUT2D eigenvalue weighted by molar-refractivity contribution is 6.30. The number of benzene rings is 1. The van der Waals surface area contributed by atoms with Crippen LogP contribution in [-0.2, 0) is 4.79 Å². The van der Waals surface area contributed by atoms with Crippen molar-refractivity contribution in [2.24, 2.45) is 0 Å². The van der Waals surface area contributed by atoms with Gasteiger partial charge in [0, 0.05) is 30.7 Å². The number of nitrogens with one attached hydrogen (secondary N) is 2. The number of carbonyl (C=O) groups excluding carboxylic acids is 1. The molecule has 0 radical (unpaired) electrons. The van der Waals surface area contributed by atoms with Gasteiger partial charge in [-0.3, -0.25) is 4.79 Å². The molecule has 0 aliphatic carbocycles. The van der Waals surface area contributed by atoms with Crippen molar-refractivity contribution in [3.63, 3.8) is 0 Å². The first-order chi connectivity index (χ1) is 12.1. The van der Waals surface area contributed by atoms with Crippen molar-refractivity contribution in [1.82, 2.24) is 4.98 Å². The third kappa shape index (κ3) is 4.86. The van der Waals surface area contributed by atoms with E-state index in [-0.39, 0.29) is 11.9 Å². The predicted molar refractivity (Wildman–Crippen MR) is 103 cm³/mol. The molecule has 1 fully saturated rings. The van der Waals surface area contributed by atoms with Gasteiger partial charge in [-0.25, -0.2) is 4.98 Å². The molecule has 3 rings (SSSR count). The van der Waals surface area contributed by atoms with E-state index in [1.807, 2.05) is 19.1 Å². The fraction of sp³-hybridized carbons (Fsp3) is 0.368. The van der Waals surface area contributed by atoms with Gasteiger partial charge in [-0.05, 0) is 56.5 Å². The summed E-state index contributed by atoms with van der Waals surface area (Å²) in [6.45, 7) is 4.03. The first kappa shape index (κ1) is 17.5. The normalized spacial score (nSPS) is 15.5. The van der Waals surface area contributed by atoms with E-state index in [0.29, 0.717) is 10.8 Å². The van der Waals surface area contributed by atoms with Crippen molar-refractivity contribution in [3.8, 4) is 0 Å². The maximum Gasteiger partial charge on any atom is 0.247 e. The summed E-state index contributed by atoms with van der Waals surface area (Å²) in [6, 6.07) is 11.2. The largest absolute Gasteiger partial charge is 0.374 e. The van der Waals surface area contributed by atoms with Gasteiger partial charge < -0.3 is 15.5 Å². The van der Waals surface area contributed by atoms with Crippen molar-refractivity contribution in [3.05, 3.63) is 47.6 Å². The van der Waals surface area contributed by atoms with Crippen LogP contribution < -0.4 is 15.5 Å². The van der Waals surface area contributed by atoms with Crippen LogP contribution in [0.4, 0.5) is 17.2 Å². The van der Waals surface area contributed by atoms with E-state index in [1.54, 1.807) is 12.1 Å². The van der Waals surface area contributed by atoms with Crippen molar-refractivity contribution < 1.29 is 4.79 Å². The minimum Gasteiger partial charge on any atom is -0.374 e. The number of halogens is 1. The van der Waals surface area contributed by atoms with Crippen LogP contribution in [0, 0.1) is 0 Å². The van der Waals surface area contributed by atoms with Crippen molar-refractivity contribution in [2.75, 3.05) is 28.6 Å². The van der Waals surface area contributed by atoms with Gasteiger partial charge in [0.2, 0.25) is 5.91 Å². The van der Waals surface area contributed by atoms with Crippen molar-refractivity contribution in [2.45, 2.75) is 32.2 Å². The summed E-state index contributed by atoms with van der Waals surface area (Å²) in [6.07, 6.45) is 5.30. The SMILES string of the molecule is CC(Nc1cccc(N2CCCCC2)c1)C(=O)Nc1ccc(Cl)cn1. The summed E-state index contributed by atoms with van der Waals surface area (Å²) in [5.74, 6) is 0.350. The fourth-order valence-electron chi connectivity index (χ4n) is 2.94. The minimum absolute atomic E-state index is 0.141. The molecule has 25 heavy (non-hydrogen) atoms. The average molecular weight is 359 g/mol. The third-order valence-corrected chi connectivity index (χ3v) is 4.55. The van der Waals surface area contributed by atoms with Crippen LogP contribution >= 0.6 is 11.6 Å². The Morgan fingerprint density at radius 1 is 1.20 bits per heavy atom. The molecule has 0 saturated carbocycles. The quantitative estimate of drug-likeness (QED) is 0.842. The molecular weight excluding hydrogens is 336 g/mol. The lowest BCUT2D eigenvalue weighted by Crippen LogP contribution is -2.32. The molecule has 6 heteroatoms. The molecule has 5 nitrogen and oxygen atoms in total. The zero-order valence-corrected chi connectivity index (χ0v) is 15.1. The molecule has 2 N–H and O–H groups in total. The molecule has 2 heterocycles. The Hall–Kier alpha value is -2.27. The highest BCUT2D eigenvalue weighted by Gasteiger charge is 2.15. The summed E-state index contributed by atoms with van der Waals surface area (Å²) in [7, 11) is 0. The molecule has 0 spiro atoms. The molecule has 132 valence electrons. The Morgan fingerprint density at radius 2 is 2.00 bits per heavy atom. The number of anilines is 3. The summed E-state index contributed by atoms with van der Waals surface area (Å²) >= 11 is 5.81. The lowest BCUT2D eigenvalue weighted by molar-refractivity contribution is -0.116. The Morgan fingerprint density at radius 3 is 2.72 bits per heavy atom. The van der Waals surface area contributed by atoms with Gasteiger partial charge in [0.15, 0.2) is 0 Å². The van der Waals surface area contributed by atoms with Gasteiger partial charge in [0.25, 0.3) is 0 Å². The second-order valence-electron chi connectivity index (χ2n) is 6.31. The molecule has 1 atom stereocenters. The van der Waals surface area contributed by atoms with Gasteiger partial charge >= 0.3 is 0 Å². The van der Waals surface area contributed by atoms with E-state index in [4.69, 9.17) is 11.6 Å². The number of pyridine rings is 1. The minimum atomic E-state index is -0.380. The zero-order valence-electron chi connectivity index (χ0n) is 14.3. The highest BCUT2D eigenvalue weighted by Crippen LogP contribution is 2.23. The summed E-state index contributed by atoms with van der Waals surface area (Å²) < 4.78 is 0. The lowest BCUT2D eigenvalue weighted by atomic mass is 10.1. The fourth-order valence-corrected chi connectivity index (χ4v) is 3.06. The maximum atomic E-state index is 12.3. The first-order valence-corrected chi connectivity index (χ1v) is 9.03. The number of hydrogen-bond acceptors (Lipinski definition) is 4. The molecule has 1 aromatic heterocycles. The topological polar surface area (TPSA) is 57.3 Å². The molecule has 1 amide bonds. The van der Waals surface area contributed by atoms with Crippen molar-refractivity contribution >= 4 is 34.7 Å². The van der Waals surface area contributed by atoms with Crippen LogP contribution in [0.3, 0.4) is 0 Å². The summed E-state index contributed by atoms with van der Waals surface area (Å²) in [5.41, 5.74) is 2.14. The van der Waals surface area contributed by atoms with E-state index >= 15 is 0 Å². The smallest absolute Gasteiger partial charge is 0.247 e. The van der Waals surface area contributed by atoms with Crippen LogP contribution in [0.1, 0.15) is 26.2 Å². The third-order valence-electron chi connectivity index (χ3n) is 4.32. The van der Waals surface area contributed by atoms with E-state index in [2.05, 4.69) is 32.7 Å². The van der Waals surface area contributed by atoms with Gasteiger partial charge in [0.05, 0.1) is 5.02 Å². The first-order valence-electron chi connectivity index (χ1n) is 8.66. The van der Waals surface area contributed by atoms with Gasteiger partial charge in [0.1, 0.15) is 11.9 Å². The van der Waals surface area contributed by atoms with E-state index in [1.165, 1.54) is 31.1 Å². The Balaban J connectivity index is 1.60. The summed E-state index contributed by atoms with van der Waals surface area (Å²) in [4.78, 5) is 18.8. The maximum absolute atomic E-state index is 12.3. The van der Waals surface area contributed by atoms with Gasteiger partial charge in [-0.1, -0.05) is 17.7 Å². The van der Waals surface area contributed by atoms with E-state index in [0.717, 1.165) is 18.8 Å². The number of aromatic nitrogens is 1. The Kier molecular flexibility index (Phi) is 5.76. The number of amides is 1. The summed E-state index contributed by atoms with van der Waals surface area (Å²) in [5, 5.41) is 6.59. The number of carbonyl (C=O) groups is 1. The van der Waals surface area contributed by atoms with Crippen LogP contribution in [0.15, 0.2) is 42.6 Å². The van der Waals surface area contributed by atoms with Gasteiger partial charge in [-0.2, -0.15) is 0 Å². The molecule has 2 aromatic rings. The molecule has 1 aliphatic heterocycles. The van der Waals surface area contributed by atoms with Gasteiger partial charge in [-0.15, -0.1) is 0 Å². The standard InChI is InChI=1S/C19H23ClN4O/c1-14(19(25)23-18-9-8-15(20)13-21-18)22-16-6-5-7-17(12-16)24-10-3-2-4-11-24/h5-9,12-14,22H,2-4,10-11H2,1H3,(H,21,23,25). The highest BCUT2D eigenvalue weighted by atomic mass is 35.5. The number of hydrogen-bond donors (Lipinski definition) is 2. The molecular formula is C19H23ClN4O. The molecule has 1 unspecified atom stereocenters. The second-order valence-corrected chi connectivity index (χ2v) is 6.75. The zero-order chi connectivity index (χ0) is 17.6. The Labute approximate surface area is 153 Å². The molecule has 1 aliphatic rings. The second kappa shape index (κ2) is 8.21. The predicted octanol–water partition coefficient (Wildman–Crippen LogP) is 4.16. The van der Waals surface area contributed by atoms with Crippen LogP contribution in [0.25, 0.3) is 0 Å². The monoisotopic (exact) mass is 358 g/mol. The number of piperidine rings is 1. The van der Waals surface area contributed by atoms with Crippen molar-refractivity contribution in [1.29, 1.82) is 0 Å². The van der Waals surface area contributed by atoms with E-state index in [9.17, 15) is 4.79 Å². The Bertz CT molecular complexity index is 714.